The number of likely N-dealkylation sites (N-methyl/N-ethyl adjacent to an activating group) is 1. The maximum atomic E-state index is 6.09. The lowest BCUT2D eigenvalue weighted by molar-refractivity contribution is 0.100. The Bertz CT molecular complexity index is 223. The normalized spacial score (nSPS) is 28.3. The predicted octanol–water partition coefficient (Wildman–Crippen LogP) is 3.21. The van der Waals surface area contributed by atoms with Crippen molar-refractivity contribution in [2.75, 3.05) is 25.6 Å². The first-order valence-corrected chi connectivity index (χ1v) is 8.94. The Hall–Kier alpha value is 0.270. The third kappa shape index (κ3) is 4.43. The molecule has 0 bridgehead atoms. The third-order valence-corrected chi connectivity index (χ3v) is 5.41. The summed E-state index contributed by atoms with van der Waals surface area (Å²) >= 11 is 1.96. The largest absolute Gasteiger partial charge is 0.329 e. The highest BCUT2D eigenvalue weighted by Gasteiger charge is 2.30. The molecule has 18 heavy (non-hydrogen) atoms. The molecule has 0 radical (unpaired) electrons. The monoisotopic (exact) mass is 272 g/mol. The van der Waals surface area contributed by atoms with Crippen molar-refractivity contribution in [1.82, 2.24) is 4.90 Å². The van der Waals surface area contributed by atoms with E-state index in [1.165, 1.54) is 37.9 Å². The molecule has 0 heterocycles. The average Bonchev–Trinajstić information content (AvgIpc) is 2.36. The molecule has 0 aromatic rings. The number of nitrogens with two attached hydrogens (primary N) is 1. The summed E-state index contributed by atoms with van der Waals surface area (Å²) in [5.74, 6) is 2.94. The zero-order valence-electron chi connectivity index (χ0n) is 12.7. The van der Waals surface area contributed by atoms with Gasteiger partial charge in [0.15, 0.2) is 0 Å². The first-order chi connectivity index (χ1) is 8.63. The van der Waals surface area contributed by atoms with Crippen LogP contribution >= 0.6 is 11.8 Å². The summed E-state index contributed by atoms with van der Waals surface area (Å²) < 4.78 is 0. The maximum absolute atomic E-state index is 6.09. The van der Waals surface area contributed by atoms with Crippen LogP contribution in [-0.4, -0.2) is 42.6 Å². The van der Waals surface area contributed by atoms with E-state index in [0.29, 0.717) is 12.1 Å². The second-order valence-electron chi connectivity index (χ2n) is 6.02. The summed E-state index contributed by atoms with van der Waals surface area (Å²) in [6.45, 7) is 5.52. The highest BCUT2D eigenvalue weighted by Crippen LogP contribution is 2.33. The molecule has 1 fully saturated rings. The van der Waals surface area contributed by atoms with Crippen molar-refractivity contribution < 1.29 is 0 Å². The number of thioether (sulfide) groups is 1. The molecule has 1 aliphatic carbocycles. The van der Waals surface area contributed by atoms with E-state index in [9.17, 15) is 0 Å². The molecule has 1 rings (SSSR count). The zero-order chi connectivity index (χ0) is 13.5. The predicted molar refractivity (Wildman–Crippen MR) is 84.2 cm³/mol. The molecule has 0 amide bonds. The van der Waals surface area contributed by atoms with E-state index < -0.39 is 0 Å². The van der Waals surface area contributed by atoms with E-state index in [1.54, 1.807) is 0 Å². The SMILES string of the molecule is CCC(CSC)N(C)C(CN)C1CCCC(C)C1. The fourth-order valence-corrected chi connectivity index (χ4v) is 4.36. The molecule has 3 heteroatoms. The van der Waals surface area contributed by atoms with Gasteiger partial charge in [0.25, 0.3) is 0 Å². The second-order valence-corrected chi connectivity index (χ2v) is 6.93. The Labute approximate surface area is 118 Å². The van der Waals surface area contributed by atoms with Crippen molar-refractivity contribution >= 4 is 11.8 Å². The molecule has 0 aliphatic heterocycles. The minimum Gasteiger partial charge on any atom is -0.329 e. The van der Waals surface area contributed by atoms with Crippen LogP contribution in [-0.2, 0) is 0 Å². The van der Waals surface area contributed by atoms with Crippen LogP contribution in [0.4, 0.5) is 0 Å². The number of hydrogen-bond acceptors (Lipinski definition) is 3. The molecule has 4 atom stereocenters. The van der Waals surface area contributed by atoms with Crippen molar-refractivity contribution in [3.05, 3.63) is 0 Å². The van der Waals surface area contributed by atoms with E-state index in [4.69, 9.17) is 5.73 Å². The van der Waals surface area contributed by atoms with Gasteiger partial charge < -0.3 is 5.73 Å². The van der Waals surface area contributed by atoms with Gasteiger partial charge in [-0.15, -0.1) is 0 Å². The van der Waals surface area contributed by atoms with Crippen LogP contribution in [0.3, 0.4) is 0 Å². The van der Waals surface area contributed by atoms with E-state index in [-0.39, 0.29) is 0 Å². The van der Waals surface area contributed by atoms with Gasteiger partial charge in [-0.2, -0.15) is 11.8 Å². The molecular weight excluding hydrogens is 240 g/mol. The van der Waals surface area contributed by atoms with Crippen molar-refractivity contribution in [2.45, 2.75) is 58.0 Å². The topological polar surface area (TPSA) is 29.3 Å². The van der Waals surface area contributed by atoms with Gasteiger partial charge in [-0.3, -0.25) is 4.90 Å². The van der Waals surface area contributed by atoms with Gasteiger partial charge >= 0.3 is 0 Å². The number of hydrogen-bond donors (Lipinski definition) is 1. The van der Waals surface area contributed by atoms with Gasteiger partial charge in [0.2, 0.25) is 0 Å². The van der Waals surface area contributed by atoms with Crippen LogP contribution in [0.15, 0.2) is 0 Å². The van der Waals surface area contributed by atoms with Crippen molar-refractivity contribution in [2.24, 2.45) is 17.6 Å². The van der Waals surface area contributed by atoms with Crippen LogP contribution in [0.25, 0.3) is 0 Å². The minimum atomic E-state index is 0.588. The Morgan fingerprint density at radius 2 is 2.11 bits per heavy atom. The Balaban J connectivity index is 2.62. The lowest BCUT2D eigenvalue weighted by Crippen LogP contribution is -2.50. The molecule has 4 unspecified atom stereocenters. The highest BCUT2D eigenvalue weighted by atomic mass is 32.2. The third-order valence-electron chi connectivity index (χ3n) is 4.69. The van der Waals surface area contributed by atoms with Gasteiger partial charge in [0.05, 0.1) is 0 Å². The molecule has 0 saturated heterocycles. The Kier molecular flexibility index (Phi) is 7.66. The highest BCUT2D eigenvalue weighted by molar-refractivity contribution is 7.98. The molecule has 2 nitrogen and oxygen atoms in total. The van der Waals surface area contributed by atoms with E-state index >= 15 is 0 Å². The maximum Gasteiger partial charge on any atom is 0.0246 e. The van der Waals surface area contributed by atoms with Gasteiger partial charge in [0, 0.05) is 24.4 Å². The van der Waals surface area contributed by atoms with Crippen LogP contribution in [0.2, 0.25) is 0 Å². The lowest BCUT2D eigenvalue weighted by Gasteiger charge is -2.41. The van der Waals surface area contributed by atoms with Gasteiger partial charge in [-0.25, -0.2) is 0 Å². The summed E-state index contributed by atoms with van der Waals surface area (Å²) in [7, 11) is 2.29. The first kappa shape index (κ1) is 16.3. The molecule has 1 aliphatic rings. The van der Waals surface area contributed by atoms with Crippen molar-refractivity contribution in [3.8, 4) is 0 Å². The second kappa shape index (κ2) is 8.44. The standard InChI is InChI=1S/C15H32N2S/c1-5-14(11-18-4)17(3)15(10-16)13-8-6-7-12(2)9-13/h12-15H,5-11,16H2,1-4H3. The molecule has 0 aromatic carbocycles. The van der Waals surface area contributed by atoms with Gasteiger partial charge in [0.1, 0.15) is 0 Å². The molecule has 1 saturated carbocycles. The molecular formula is C15H32N2S. The van der Waals surface area contributed by atoms with Crippen LogP contribution in [0.1, 0.15) is 46.0 Å². The van der Waals surface area contributed by atoms with Gasteiger partial charge in [-0.1, -0.05) is 26.7 Å². The molecule has 108 valence electrons. The van der Waals surface area contributed by atoms with E-state index in [1.807, 2.05) is 11.8 Å². The quantitative estimate of drug-likeness (QED) is 0.771. The number of nitrogens with zero attached hydrogens (tertiary/aromatic N) is 1. The summed E-state index contributed by atoms with van der Waals surface area (Å²) in [6.07, 6.45) is 9.01. The summed E-state index contributed by atoms with van der Waals surface area (Å²) in [5.41, 5.74) is 6.09. The summed E-state index contributed by atoms with van der Waals surface area (Å²) in [5, 5.41) is 0. The molecule has 2 N–H and O–H groups in total. The molecule has 0 aromatic heterocycles. The fraction of sp³-hybridized carbons (Fsp3) is 1.00. The Morgan fingerprint density at radius 3 is 2.61 bits per heavy atom. The number of rotatable bonds is 7. The van der Waals surface area contributed by atoms with Crippen molar-refractivity contribution in [3.63, 3.8) is 0 Å². The first-order valence-electron chi connectivity index (χ1n) is 7.54. The van der Waals surface area contributed by atoms with Crippen LogP contribution < -0.4 is 5.73 Å². The smallest absolute Gasteiger partial charge is 0.0246 e. The zero-order valence-corrected chi connectivity index (χ0v) is 13.5. The average molecular weight is 273 g/mol. The minimum absolute atomic E-state index is 0.588. The summed E-state index contributed by atoms with van der Waals surface area (Å²) in [6, 6.07) is 1.27. The van der Waals surface area contributed by atoms with Gasteiger partial charge in [-0.05, 0) is 44.4 Å². The molecule has 0 spiro atoms. The van der Waals surface area contributed by atoms with Crippen LogP contribution in [0.5, 0.6) is 0 Å². The Morgan fingerprint density at radius 1 is 1.39 bits per heavy atom. The van der Waals surface area contributed by atoms with E-state index in [0.717, 1.165) is 18.4 Å². The summed E-state index contributed by atoms with van der Waals surface area (Å²) in [4.78, 5) is 2.58. The van der Waals surface area contributed by atoms with Crippen molar-refractivity contribution in [1.29, 1.82) is 0 Å². The fourth-order valence-electron chi connectivity index (χ4n) is 3.51. The van der Waals surface area contributed by atoms with E-state index in [2.05, 4.69) is 32.1 Å². The van der Waals surface area contributed by atoms with Crippen LogP contribution in [0, 0.1) is 11.8 Å². The lowest BCUT2D eigenvalue weighted by atomic mass is 9.78.